The fourth-order valence-electron chi connectivity index (χ4n) is 3.87. The summed E-state index contributed by atoms with van der Waals surface area (Å²) >= 11 is 0. The predicted molar refractivity (Wildman–Crippen MR) is 98.2 cm³/mol. The number of hydrogen-bond acceptors (Lipinski definition) is 3. The van der Waals surface area contributed by atoms with Gasteiger partial charge in [0.2, 0.25) is 0 Å². The van der Waals surface area contributed by atoms with Gasteiger partial charge in [0.25, 0.3) is 0 Å². The average Bonchev–Trinajstić information content (AvgIpc) is 2.64. The van der Waals surface area contributed by atoms with Crippen LogP contribution < -0.4 is 10.7 Å². The number of aromatic nitrogens is 2. The largest absolute Gasteiger partial charge is 0.342 e. The van der Waals surface area contributed by atoms with Crippen LogP contribution in [0.2, 0.25) is 0 Å². The summed E-state index contributed by atoms with van der Waals surface area (Å²) in [6.07, 6.45) is 18.3. The van der Waals surface area contributed by atoms with E-state index >= 15 is 0 Å². The van der Waals surface area contributed by atoms with E-state index in [9.17, 15) is 4.79 Å². The summed E-state index contributed by atoms with van der Waals surface area (Å²) in [5.74, 6) is 0.894. The van der Waals surface area contributed by atoms with Crippen molar-refractivity contribution in [2.75, 3.05) is 5.32 Å². The van der Waals surface area contributed by atoms with E-state index in [4.69, 9.17) is 0 Å². The normalized spacial score (nSPS) is 18.6. The molecule has 2 aliphatic carbocycles. The Morgan fingerprint density at radius 2 is 2.04 bits per heavy atom. The molecule has 4 nitrogen and oxygen atoms in total. The summed E-state index contributed by atoms with van der Waals surface area (Å²) in [5.41, 5.74) is 2.08. The van der Waals surface area contributed by atoms with Crippen LogP contribution in [0.25, 0.3) is 10.9 Å². The van der Waals surface area contributed by atoms with Crippen molar-refractivity contribution in [1.29, 1.82) is 0 Å². The molecule has 2 aliphatic rings. The number of rotatable bonds is 3. The predicted octanol–water partition coefficient (Wildman–Crippen LogP) is 4.55. The van der Waals surface area contributed by atoms with E-state index in [1.54, 1.807) is 12.3 Å². The summed E-state index contributed by atoms with van der Waals surface area (Å²) in [4.78, 5) is 16.8. The average molecular weight is 321 g/mol. The van der Waals surface area contributed by atoms with Crippen molar-refractivity contribution < 1.29 is 0 Å². The first kappa shape index (κ1) is 15.2. The molecule has 0 unspecified atom stereocenters. The minimum absolute atomic E-state index is 0.0577. The van der Waals surface area contributed by atoms with Crippen LogP contribution in [0, 0.1) is 0 Å². The molecule has 1 N–H and O–H groups in total. The molecule has 124 valence electrons. The lowest BCUT2D eigenvalue weighted by atomic mass is 9.94. The molecule has 0 aliphatic heterocycles. The molecule has 2 aromatic heterocycles. The van der Waals surface area contributed by atoms with E-state index in [1.807, 2.05) is 12.3 Å². The van der Waals surface area contributed by atoms with Gasteiger partial charge in [-0.2, -0.15) is 0 Å². The van der Waals surface area contributed by atoms with Crippen LogP contribution in [0.5, 0.6) is 0 Å². The summed E-state index contributed by atoms with van der Waals surface area (Å²) in [5, 5.41) is 4.25. The van der Waals surface area contributed by atoms with Gasteiger partial charge in [0, 0.05) is 29.4 Å². The third kappa shape index (κ3) is 2.88. The van der Waals surface area contributed by atoms with Crippen molar-refractivity contribution in [2.45, 2.75) is 51.0 Å². The van der Waals surface area contributed by atoms with Gasteiger partial charge in [-0.1, -0.05) is 31.4 Å². The van der Waals surface area contributed by atoms with Gasteiger partial charge >= 0.3 is 0 Å². The first-order chi connectivity index (χ1) is 11.8. The Hall–Kier alpha value is -2.36. The molecule has 0 spiro atoms. The minimum atomic E-state index is 0.0577. The number of allylic oxidation sites excluding steroid dienone is 3. The van der Waals surface area contributed by atoms with Crippen molar-refractivity contribution in [3.63, 3.8) is 0 Å². The fourth-order valence-corrected chi connectivity index (χ4v) is 3.87. The summed E-state index contributed by atoms with van der Waals surface area (Å²) in [7, 11) is 0. The first-order valence-electron chi connectivity index (χ1n) is 8.96. The molecule has 0 amide bonds. The molecule has 1 saturated carbocycles. The Balaban J connectivity index is 1.85. The number of hydrogen-bond donors (Lipinski definition) is 1. The van der Waals surface area contributed by atoms with E-state index in [0.29, 0.717) is 6.04 Å². The molecular formula is C20H23N3O. The standard InChI is InChI=1S/C20H23N3O/c24-19-13-20(22-15-7-3-1-4-8-15)23(16-9-5-2-6-10-16)18-14-21-12-11-17(18)19/h3,7-8,11-14,16,22H,1-2,4-6,9-10H2. The highest BCUT2D eigenvalue weighted by Gasteiger charge is 2.20. The lowest BCUT2D eigenvalue weighted by molar-refractivity contribution is 0.362. The minimum Gasteiger partial charge on any atom is -0.342 e. The Kier molecular flexibility index (Phi) is 4.20. The van der Waals surface area contributed by atoms with Crippen LogP contribution in [0.4, 0.5) is 5.82 Å². The van der Waals surface area contributed by atoms with Crippen molar-refractivity contribution in [2.24, 2.45) is 0 Å². The maximum atomic E-state index is 12.6. The number of pyridine rings is 2. The van der Waals surface area contributed by atoms with Crippen molar-refractivity contribution in [3.8, 4) is 0 Å². The van der Waals surface area contributed by atoms with Crippen molar-refractivity contribution >= 4 is 16.7 Å². The molecule has 2 heterocycles. The first-order valence-corrected chi connectivity index (χ1v) is 8.96. The maximum absolute atomic E-state index is 12.6. The second kappa shape index (κ2) is 6.63. The highest BCUT2D eigenvalue weighted by molar-refractivity contribution is 5.80. The van der Waals surface area contributed by atoms with Crippen LogP contribution in [-0.4, -0.2) is 9.55 Å². The molecule has 1 fully saturated rings. The lowest BCUT2D eigenvalue weighted by Gasteiger charge is -2.29. The van der Waals surface area contributed by atoms with Gasteiger partial charge in [0.1, 0.15) is 5.82 Å². The van der Waals surface area contributed by atoms with E-state index in [0.717, 1.165) is 48.1 Å². The van der Waals surface area contributed by atoms with Crippen LogP contribution in [0.15, 0.2) is 53.2 Å². The number of nitrogens with one attached hydrogen (secondary N) is 1. The monoisotopic (exact) mass is 321 g/mol. The van der Waals surface area contributed by atoms with Gasteiger partial charge < -0.3 is 9.88 Å². The Bertz CT molecular complexity index is 857. The van der Waals surface area contributed by atoms with Gasteiger partial charge in [-0.25, -0.2) is 0 Å². The lowest BCUT2D eigenvalue weighted by Crippen LogP contribution is -2.21. The summed E-state index contributed by atoms with van der Waals surface area (Å²) in [6.45, 7) is 0. The molecule has 0 atom stereocenters. The van der Waals surface area contributed by atoms with Gasteiger partial charge in [-0.15, -0.1) is 0 Å². The molecule has 0 bridgehead atoms. The van der Waals surface area contributed by atoms with E-state index < -0.39 is 0 Å². The zero-order chi connectivity index (χ0) is 16.4. The third-order valence-electron chi connectivity index (χ3n) is 5.06. The van der Waals surface area contributed by atoms with E-state index in [-0.39, 0.29) is 5.43 Å². The van der Waals surface area contributed by atoms with Crippen molar-refractivity contribution in [1.82, 2.24) is 9.55 Å². The van der Waals surface area contributed by atoms with Gasteiger partial charge in [-0.3, -0.25) is 9.78 Å². The fraction of sp³-hybridized carbons (Fsp3) is 0.400. The molecule has 0 saturated heterocycles. The highest BCUT2D eigenvalue weighted by Crippen LogP contribution is 2.33. The zero-order valence-electron chi connectivity index (χ0n) is 13.9. The van der Waals surface area contributed by atoms with Gasteiger partial charge in [-0.05, 0) is 37.8 Å². The third-order valence-corrected chi connectivity index (χ3v) is 5.06. The smallest absolute Gasteiger partial charge is 0.191 e. The SMILES string of the molecule is O=c1cc(NC2=CCCC=C2)n(C2CCCCC2)c2cnccc12. The second-order valence-electron chi connectivity index (χ2n) is 6.71. The zero-order valence-corrected chi connectivity index (χ0v) is 13.9. The molecule has 2 aromatic rings. The summed E-state index contributed by atoms with van der Waals surface area (Å²) in [6, 6.07) is 4.02. The van der Waals surface area contributed by atoms with Crippen LogP contribution in [0.3, 0.4) is 0 Å². The molecule has 4 heteroatoms. The number of anilines is 1. The number of nitrogens with zero attached hydrogens (tertiary/aromatic N) is 2. The molecule has 0 radical (unpaired) electrons. The maximum Gasteiger partial charge on any atom is 0.191 e. The Labute approximate surface area is 141 Å². The van der Waals surface area contributed by atoms with Gasteiger partial charge in [0.05, 0.1) is 11.7 Å². The van der Waals surface area contributed by atoms with Crippen molar-refractivity contribution in [3.05, 3.63) is 58.7 Å². The molecule has 0 aromatic carbocycles. The van der Waals surface area contributed by atoms with Gasteiger partial charge in [0.15, 0.2) is 5.43 Å². The molecular weight excluding hydrogens is 298 g/mol. The van der Waals surface area contributed by atoms with Crippen LogP contribution in [0.1, 0.15) is 51.0 Å². The molecule has 24 heavy (non-hydrogen) atoms. The Morgan fingerprint density at radius 1 is 1.17 bits per heavy atom. The molecule has 4 rings (SSSR count). The quantitative estimate of drug-likeness (QED) is 0.902. The Morgan fingerprint density at radius 3 is 2.83 bits per heavy atom. The second-order valence-corrected chi connectivity index (χ2v) is 6.71. The summed E-state index contributed by atoms with van der Waals surface area (Å²) < 4.78 is 2.31. The number of fused-ring (bicyclic) bond motifs is 1. The van der Waals surface area contributed by atoms with Crippen LogP contribution >= 0.6 is 0 Å². The van der Waals surface area contributed by atoms with Crippen LogP contribution in [-0.2, 0) is 0 Å². The van der Waals surface area contributed by atoms with E-state index in [1.165, 1.54) is 19.3 Å². The highest BCUT2D eigenvalue weighted by atomic mass is 16.1. The van der Waals surface area contributed by atoms with E-state index in [2.05, 4.69) is 33.1 Å². The topological polar surface area (TPSA) is 46.9 Å².